The maximum absolute atomic E-state index is 12.0. The number of hydrogen-bond donors (Lipinski definition) is 1. The molecule has 1 saturated heterocycles. The Morgan fingerprint density at radius 3 is 2.50 bits per heavy atom. The van der Waals surface area contributed by atoms with Gasteiger partial charge < -0.3 is 10.2 Å². The molecule has 1 N–H and O–H groups in total. The molecule has 1 heterocycles. The fraction of sp³-hybridized carbons (Fsp3) is 0.529. The van der Waals surface area contributed by atoms with E-state index in [1.165, 1.54) is 11.1 Å². The molecule has 2 amide bonds. The summed E-state index contributed by atoms with van der Waals surface area (Å²) in [5.41, 5.74) is 2.52. The molecule has 1 aliphatic rings. The first-order valence-electron chi connectivity index (χ1n) is 7.70. The number of carbonyl (C=O) groups excluding carboxylic acids is 2. The van der Waals surface area contributed by atoms with Crippen molar-refractivity contribution in [2.24, 2.45) is 0 Å². The van der Waals surface area contributed by atoms with Gasteiger partial charge >= 0.3 is 0 Å². The average molecular weight is 320 g/mol. The van der Waals surface area contributed by atoms with Crippen molar-refractivity contribution in [1.29, 1.82) is 0 Å². The molecule has 0 aromatic heterocycles. The highest BCUT2D eigenvalue weighted by molar-refractivity contribution is 8.00. The van der Waals surface area contributed by atoms with Crippen LogP contribution in [0.5, 0.6) is 0 Å². The van der Waals surface area contributed by atoms with E-state index in [1.807, 2.05) is 4.90 Å². The fourth-order valence-electron chi connectivity index (χ4n) is 2.56. The molecular formula is C17H24N2O2S. The van der Waals surface area contributed by atoms with Gasteiger partial charge in [0.25, 0.3) is 0 Å². The topological polar surface area (TPSA) is 49.4 Å². The monoisotopic (exact) mass is 320 g/mol. The molecule has 0 unspecified atom stereocenters. The molecule has 4 nitrogen and oxygen atoms in total. The zero-order valence-electron chi connectivity index (χ0n) is 13.5. The first-order chi connectivity index (χ1) is 10.5. The Labute approximate surface area is 136 Å². The number of nitrogens with one attached hydrogen (secondary N) is 1. The standard InChI is InChI=1S/C17H24N2O2S/c1-12-4-5-16(10-13(12)2)22-11-17(21)18-15-6-8-19(9-7-15)14(3)20/h4-5,10,15H,6-9,11H2,1-3H3,(H,18,21). The van der Waals surface area contributed by atoms with Crippen LogP contribution in [0.2, 0.25) is 0 Å². The summed E-state index contributed by atoms with van der Waals surface area (Å²) in [7, 11) is 0. The Balaban J connectivity index is 1.74. The molecule has 5 heteroatoms. The van der Waals surface area contributed by atoms with Crippen LogP contribution in [0.3, 0.4) is 0 Å². The summed E-state index contributed by atoms with van der Waals surface area (Å²) in [5.74, 6) is 0.634. The molecule has 0 bridgehead atoms. The van der Waals surface area contributed by atoms with Crippen LogP contribution in [-0.2, 0) is 9.59 Å². The molecular weight excluding hydrogens is 296 g/mol. The van der Waals surface area contributed by atoms with Crippen molar-refractivity contribution in [2.75, 3.05) is 18.8 Å². The van der Waals surface area contributed by atoms with Gasteiger partial charge in [0.15, 0.2) is 0 Å². The minimum Gasteiger partial charge on any atom is -0.353 e. The van der Waals surface area contributed by atoms with E-state index < -0.39 is 0 Å². The van der Waals surface area contributed by atoms with Gasteiger partial charge in [0.1, 0.15) is 0 Å². The number of nitrogens with zero attached hydrogens (tertiary/aromatic N) is 1. The Hall–Kier alpha value is -1.49. The number of likely N-dealkylation sites (tertiary alicyclic amines) is 1. The Morgan fingerprint density at radius 1 is 1.23 bits per heavy atom. The lowest BCUT2D eigenvalue weighted by molar-refractivity contribution is -0.130. The van der Waals surface area contributed by atoms with Crippen LogP contribution in [0.1, 0.15) is 30.9 Å². The third-order valence-corrected chi connectivity index (χ3v) is 5.15. The predicted molar refractivity (Wildman–Crippen MR) is 90.1 cm³/mol. The lowest BCUT2D eigenvalue weighted by Gasteiger charge is -2.31. The van der Waals surface area contributed by atoms with Crippen LogP contribution in [0.25, 0.3) is 0 Å². The van der Waals surface area contributed by atoms with Crippen LogP contribution in [0.4, 0.5) is 0 Å². The number of rotatable bonds is 4. The average Bonchev–Trinajstić information content (AvgIpc) is 2.49. The van der Waals surface area contributed by atoms with Crippen LogP contribution < -0.4 is 5.32 Å². The van der Waals surface area contributed by atoms with Gasteiger partial charge in [-0.15, -0.1) is 11.8 Å². The Morgan fingerprint density at radius 2 is 1.91 bits per heavy atom. The second-order valence-electron chi connectivity index (χ2n) is 5.88. The number of thioether (sulfide) groups is 1. The fourth-order valence-corrected chi connectivity index (χ4v) is 3.37. The molecule has 0 atom stereocenters. The van der Waals surface area contributed by atoms with Crippen molar-refractivity contribution in [3.63, 3.8) is 0 Å². The van der Waals surface area contributed by atoms with Gasteiger partial charge in [-0.1, -0.05) is 6.07 Å². The van der Waals surface area contributed by atoms with Gasteiger partial charge in [0.05, 0.1) is 5.75 Å². The van der Waals surface area contributed by atoms with Crippen molar-refractivity contribution in [1.82, 2.24) is 10.2 Å². The minimum atomic E-state index is 0.0736. The second-order valence-corrected chi connectivity index (χ2v) is 6.93. The lowest BCUT2D eigenvalue weighted by atomic mass is 10.1. The molecule has 1 fully saturated rings. The summed E-state index contributed by atoms with van der Waals surface area (Å²) in [5, 5.41) is 3.08. The summed E-state index contributed by atoms with van der Waals surface area (Å²) in [6, 6.07) is 6.47. The summed E-state index contributed by atoms with van der Waals surface area (Å²) in [6.45, 7) is 7.25. The van der Waals surface area contributed by atoms with Gasteiger partial charge in [-0.05, 0) is 49.9 Å². The van der Waals surface area contributed by atoms with E-state index in [0.29, 0.717) is 5.75 Å². The Bertz CT molecular complexity index is 552. The number of amides is 2. The van der Waals surface area contributed by atoms with E-state index in [0.717, 1.165) is 30.8 Å². The zero-order valence-corrected chi connectivity index (χ0v) is 14.3. The third kappa shape index (κ3) is 4.77. The minimum absolute atomic E-state index is 0.0736. The summed E-state index contributed by atoms with van der Waals surface area (Å²) >= 11 is 1.57. The number of hydrogen-bond acceptors (Lipinski definition) is 3. The van der Waals surface area contributed by atoms with Gasteiger partial charge in [-0.2, -0.15) is 0 Å². The first-order valence-corrected chi connectivity index (χ1v) is 8.69. The molecule has 1 aromatic rings. The number of benzene rings is 1. The third-order valence-electron chi connectivity index (χ3n) is 4.15. The summed E-state index contributed by atoms with van der Waals surface area (Å²) in [6.07, 6.45) is 1.69. The summed E-state index contributed by atoms with van der Waals surface area (Å²) in [4.78, 5) is 26.3. The van der Waals surface area contributed by atoms with Crippen molar-refractivity contribution in [3.8, 4) is 0 Å². The van der Waals surface area contributed by atoms with Crippen LogP contribution in [-0.4, -0.2) is 41.6 Å². The predicted octanol–water partition coefficient (Wildman–Crippen LogP) is 2.52. The highest BCUT2D eigenvalue weighted by Crippen LogP contribution is 2.21. The maximum atomic E-state index is 12.0. The lowest BCUT2D eigenvalue weighted by Crippen LogP contribution is -2.46. The highest BCUT2D eigenvalue weighted by Gasteiger charge is 2.21. The van der Waals surface area contributed by atoms with Crippen LogP contribution in [0, 0.1) is 13.8 Å². The van der Waals surface area contributed by atoms with E-state index >= 15 is 0 Å². The van der Waals surface area contributed by atoms with E-state index in [4.69, 9.17) is 0 Å². The van der Waals surface area contributed by atoms with Crippen molar-refractivity contribution >= 4 is 23.6 Å². The molecule has 22 heavy (non-hydrogen) atoms. The van der Waals surface area contributed by atoms with Gasteiger partial charge in [-0.3, -0.25) is 9.59 Å². The first kappa shape index (κ1) is 16.9. The molecule has 1 aliphatic heterocycles. The molecule has 2 rings (SSSR count). The molecule has 0 radical (unpaired) electrons. The molecule has 0 saturated carbocycles. The Kier molecular flexibility index (Phi) is 5.89. The number of carbonyl (C=O) groups is 2. The molecule has 120 valence electrons. The maximum Gasteiger partial charge on any atom is 0.230 e. The van der Waals surface area contributed by atoms with Gasteiger partial charge in [-0.25, -0.2) is 0 Å². The SMILES string of the molecule is CC(=O)N1CCC(NC(=O)CSc2ccc(C)c(C)c2)CC1. The van der Waals surface area contributed by atoms with Crippen LogP contribution >= 0.6 is 11.8 Å². The highest BCUT2D eigenvalue weighted by atomic mass is 32.2. The smallest absolute Gasteiger partial charge is 0.230 e. The van der Waals surface area contributed by atoms with Crippen molar-refractivity contribution < 1.29 is 9.59 Å². The van der Waals surface area contributed by atoms with Crippen molar-refractivity contribution in [3.05, 3.63) is 29.3 Å². The quantitative estimate of drug-likeness (QED) is 0.867. The van der Waals surface area contributed by atoms with Crippen LogP contribution in [0.15, 0.2) is 23.1 Å². The normalized spacial score (nSPS) is 15.7. The van der Waals surface area contributed by atoms with Crippen molar-refractivity contribution in [2.45, 2.75) is 44.6 Å². The number of aryl methyl sites for hydroxylation is 2. The molecule has 1 aromatic carbocycles. The van der Waals surface area contributed by atoms with E-state index in [2.05, 4.69) is 37.4 Å². The van der Waals surface area contributed by atoms with Gasteiger partial charge in [0, 0.05) is 31.0 Å². The van der Waals surface area contributed by atoms with Gasteiger partial charge in [0.2, 0.25) is 11.8 Å². The molecule has 0 aliphatic carbocycles. The molecule has 0 spiro atoms. The zero-order chi connectivity index (χ0) is 16.1. The van der Waals surface area contributed by atoms with E-state index in [1.54, 1.807) is 18.7 Å². The summed E-state index contributed by atoms with van der Waals surface area (Å²) < 4.78 is 0. The van der Waals surface area contributed by atoms with E-state index in [-0.39, 0.29) is 17.9 Å². The second kappa shape index (κ2) is 7.68. The largest absolute Gasteiger partial charge is 0.353 e. The van der Waals surface area contributed by atoms with E-state index in [9.17, 15) is 9.59 Å². The number of piperidine rings is 1.